The van der Waals surface area contributed by atoms with Crippen LogP contribution in [-0.4, -0.2) is 12.8 Å². The summed E-state index contributed by atoms with van der Waals surface area (Å²) < 4.78 is 91.8. The van der Waals surface area contributed by atoms with Crippen molar-refractivity contribution in [3.05, 3.63) is 0 Å². The summed E-state index contributed by atoms with van der Waals surface area (Å²) in [6, 6.07) is 0. The predicted molar refractivity (Wildman–Crippen MR) is 33.7 cm³/mol. The molecule has 0 heterocycles. The van der Waals surface area contributed by atoms with Crippen LogP contribution in [0.25, 0.3) is 0 Å². The minimum atomic E-state index is -6.25. The van der Waals surface area contributed by atoms with E-state index in [-0.39, 0.29) is 4.86 Å². The maximum absolute atomic E-state index is 12.2. The van der Waals surface area contributed by atoms with Gasteiger partial charge in [0.15, 0.2) is 6.61 Å². The molecule has 86 valence electrons. The number of halogens is 6. The molecule has 0 saturated carbocycles. The number of hydrogen-bond donors (Lipinski definition) is 1. The molecule has 0 aliphatic rings. The lowest BCUT2D eigenvalue weighted by Crippen LogP contribution is -2.17. The second-order valence-corrected chi connectivity index (χ2v) is 4.87. The molecular weight excluding hydrogens is 262 g/mol. The Bertz CT molecular complexity index is 283. The Morgan fingerprint density at radius 3 is 1.86 bits per heavy atom. The van der Waals surface area contributed by atoms with Gasteiger partial charge in [-0.05, 0) is 0 Å². The van der Waals surface area contributed by atoms with E-state index in [4.69, 9.17) is 0 Å². The second kappa shape index (κ2) is 4.22. The molecule has 0 aromatic carbocycles. The van der Waals surface area contributed by atoms with Crippen molar-refractivity contribution in [2.24, 2.45) is 0 Å². The average molecular weight is 265 g/mol. The Kier molecular flexibility index (Phi) is 4.21. The zero-order valence-electron chi connectivity index (χ0n) is 6.09. The molecule has 14 heavy (non-hydrogen) atoms. The summed E-state index contributed by atoms with van der Waals surface area (Å²) in [6.07, 6.45) is -5.03. The van der Waals surface area contributed by atoms with Gasteiger partial charge in [-0.3, -0.25) is 4.52 Å². The third kappa shape index (κ3) is 8.55. The second-order valence-electron chi connectivity index (χ2n) is 1.93. The summed E-state index contributed by atoms with van der Waals surface area (Å²) in [7, 11) is -12.1. The number of alkyl halides is 3. The standard InChI is InChI=1S/C2H3F6NO3P2/c3-2(4,5)1-12-14(8,11)9-13(6,7)10/h1H2,(H,9,10,11). The van der Waals surface area contributed by atoms with Gasteiger partial charge in [-0.25, -0.2) is 9.13 Å². The van der Waals surface area contributed by atoms with Crippen molar-refractivity contribution in [2.75, 3.05) is 6.61 Å². The maximum atomic E-state index is 12.2. The molecule has 1 N–H and O–H groups in total. The first-order valence-electron chi connectivity index (χ1n) is 2.71. The van der Waals surface area contributed by atoms with Gasteiger partial charge in [0.1, 0.15) is 0 Å². The Balaban J connectivity index is 4.24. The van der Waals surface area contributed by atoms with Gasteiger partial charge in [-0.2, -0.15) is 13.2 Å². The molecule has 0 saturated heterocycles. The SMILES string of the molecule is O=P(F)(F)NP(=O)(F)OCC(F)(F)F. The van der Waals surface area contributed by atoms with Crippen LogP contribution in [0.3, 0.4) is 0 Å². The summed E-state index contributed by atoms with van der Waals surface area (Å²) in [4.78, 5) is 0.0569. The van der Waals surface area contributed by atoms with E-state index in [0.29, 0.717) is 0 Å². The van der Waals surface area contributed by atoms with Crippen LogP contribution in [0.5, 0.6) is 0 Å². The van der Waals surface area contributed by atoms with Gasteiger partial charge >= 0.3 is 21.9 Å². The molecule has 0 aliphatic carbocycles. The van der Waals surface area contributed by atoms with Crippen LogP contribution in [0.1, 0.15) is 0 Å². The van der Waals surface area contributed by atoms with E-state index >= 15 is 0 Å². The van der Waals surface area contributed by atoms with E-state index in [1.165, 1.54) is 0 Å². The van der Waals surface area contributed by atoms with Crippen molar-refractivity contribution in [2.45, 2.75) is 6.18 Å². The van der Waals surface area contributed by atoms with Crippen LogP contribution in [0.15, 0.2) is 0 Å². The van der Waals surface area contributed by atoms with E-state index in [1.54, 1.807) is 0 Å². The first-order chi connectivity index (χ1) is 5.91. The zero-order valence-corrected chi connectivity index (χ0v) is 7.88. The minimum absolute atomic E-state index is 0.0569. The molecule has 0 aromatic rings. The van der Waals surface area contributed by atoms with Crippen LogP contribution in [-0.2, 0) is 13.7 Å². The molecule has 0 rings (SSSR count). The van der Waals surface area contributed by atoms with Crippen LogP contribution < -0.4 is 4.86 Å². The van der Waals surface area contributed by atoms with Crippen LogP contribution in [0.2, 0.25) is 0 Å². The van der Waals surface area contributed by atoms with Crippen molar-refractivity contribution in [3.63, 3.8) is 0 Å². The highest BCUT2D eigenvalue weighted by Gasteiger charge is 2.39. The first-order valence-corrected chi connectivity index (χ1v) is 5.72. The Labute approximate surface area is 73.9 Å². The Morgan fingerprint density at radius 2 is 1.57 bits per heavy atom. The van der Waals surface area contributed by atoms with E-state index in [1.807, 2.05) is 0 Å². The molecule has 12 heteroatoms. The predicted octanol–water partition coefficient (Wildman–Crippen LogP) is 3.28. The largest absolute Gasteiger partial charge is 0.490 e. The molecule has 0 radical (unpaired) electrons. The van der Waals surface area contributed by atoms with Crippen LogP contribution in [0, 0.1) is 0 Å². The van der Waals surface area contributed by atoms with Crippen LogP contribution >= 0.6 is 15.7 Å². The fraction of sp³-hybridized carbons (Fsp3) is 1.00. The Morgan fingerprint density at radius 1 is 1.14 bits per heavy atom. The van der Waals surface area contributed by atoms with Gasteiger partial charge in [0, 0.05) is 0 Å². The Hall–Kier alpha value is -0.0400. The van der Waals surface area contributed by atoms with E-state index in [2.05, 4.69) is 4.52 Å². The third-order valence-corrected chi connectivity index (χ3v) is 2.98. The quantitative estimate of drug-likeness (QED) is 0.626. The van der Waals surface area contributed by atoms with Gasteiger partial charge in [-0.15, -0.1) is 17.4 Å². The normalized spacial score (nSPS) is 17.9. The van der Waals surface area contributed by atoms with Crippen molar-refractivity contribution >= 4 is 15.7 Å². The molecule has 0 aromatic heterocycles. The molecule has 0 fully saturated rings. The average Bonchev–Trinajstić information content (AvgIpc) is 1.76. The molecule has 0 spiro atoms. The lowest BCUT2D eigenvalue weighted by molar-refractivity contribution is -0.154. The monoisotopic (exact) mass is 265 g/mol. The molecule has 0 aliphatic heterocycles. The van der Waals surface area contributed by atoms with Gasteiger partial charge in [-0.1, -0.05) is 0 Å². The van der Waals surface area contributed by atoms with Gasteiger partial charge < -0.3 is 0 Å². The molecule has 4 nitrogen and oxygen atoms in total. The minimum Gasteiger partial charge on any atom is -0.284 e. The van der Waals surface area contributed by atoms with Crippen molar-refractivity contribution < 1.29 is 39.4 Å². The molecular formula is C2H3F6NO3P2. The smallest absolute Gasteiger partial charge is 0.284 e. The van der Waals surface area contributed by atoms with Crippen LogP contribution in [0.4, 0.5) is 25.8 Å². The topological polar surface area (TPSA) is 55.4 Å². The van der Waals surface area contributed by atoms with Crippen molar-refractivity contribution in [1.29, 1.82) is 0 Å². The maximum Gasteiger partial charge on any atom is 0.490 e. The number of rotatable bonds is 4. The van der Waals surface area contributed by atoms with Gasteiger partial charge in [0.05, 0.1) is 0 Å². The summed E-state index contributed by atoms with van der Waals surface area (Å²) >= 11 is 0. The highest BCUT2D eigenvalue weighted by Crippen LogP contribution is 2.59. The molecule has 0 amide bonds. The number of hydrogen-bond acceptors (Lipinski definition) is 3. The lowest BCUT2D eigenvalue weighted by Gasteiger charge is -2.11. The summed E-state index contributed by atoms with van der Waals surface area (Å²) in [5.41, 5.74) is 0. The molecule has 1 atom stereocenters. The fourth-order valence-corrected chi connectivity index (χ4v) is 1.98. The lowest BCUT2D eigenvalue weighted by atomic mass is 10.7. The summed E-state index contributed by atoms with van der Waals surface area (Å²) in [6.45, 7) is -2.33. The van der Waals surface area contributed by atoms with Crippen molar-refractivity contribution in [1.82, 2.24) is 4.86 Å². The summed E-state index contributed by atoms with van der Waals surface area (Å²) in [5, 5.41) is 0. The molecule has 0 bridgehead atoms. The highest BCUT2D eigenvalue weighted by molar-refractivity contribution is 7.67. The molecule has 1 unspecified atom stereocenters. The van der Waals surface area contributed by atoms with Gasteiger partial charge in [0.2, 0.25) is 0 Å². The van der Waals surface area contributed by atoms with E-state index < -0.39 is 28.5 Å². The third-order valence-electron chi connectivity index (χ3n) is 0.630. The van der Waals surface area contributed by atoms with E-state index in [0.717, 1.165) is 0 Å². The number of nitrogens with one attached hydrogen (secondary N) is 1. The zero-order chi connectivity index (χ0) is 11.6. The summed E-state index contributed by atoms with van der Waals surface area (Å²) in [5.74, 6) is 0. The first kappa shape index (κ1) is 14.0. The van der Waals surface area contributed by atoms with E-state index in [9.17, 15) is 34.9 Å². The highest BCUT2D eigenvalue weighted by atomic mass is 31.3. The van der Waals surface area contributed by atoms with Gasteiger partial charge in [0.25, 0.3) is 0 Å². The fourth-order valence-electron chi connectivity index (χ4n) is 0.324. The van der Waals surface area contributed by atoms with Crippen molar-refractivity contribution in [3.8, 4) is 0 Å².